The fraction of sp³-hybridized carbons (Fsp3) is 0.250. The number of aryl methyl sites for hydroxylation is 1. The Hall–Kier alpha value is -2.95. The van der Waals surface area contributed by atoms with Gasteiger partial charge in [-0.3, -0.25) is 25.2 Å². The number of hydrogen-bond acceptors (Lipinski definition) is 3. The van der Waals surface area contributed by atoms with Gasteiger partial charge in [0.15, 0.2) is 5.78 Å². The van der Waals surface area contributed by atoms with Crippen LogP contribution in [0.3, 0.4) is 0 Å². The Morgan fingerprint density at radius 1 is 0.800 bits per heavy atom. The molecule has 130 valence electrons. The molecular formula is C20H22N2O3. The number of amides is 2. The molecule has 2 amide bonds. The number of nitrogens with one attached hydrogen (secondary N) is 2. The van der Waals surface area contributed by atoms with Gasteiger partial charge in [-0.15, -0.1) is 0 Å². The fourth-order valence-corrected chi connectivity index (χ4v) is 2.37. The quantitative estimate of drug-likeness (QED) is 0.602. The van der Waals surface area contributed by atoms with Gasteiger partial charge in [-0.05, 0) is 24.1 Å². The van der Waals surface area contributed by atoms with E-state index in [-0.39, 0.29) is 18.6 Å². The van der Waals surface area contributed by atoms with E-state index in [1.54, 1.807) is 42.5 Å². The molecule has 0 spiro atoms. The lowest BCUT2D eigenvalue weighted by atomic mass is 10.0. The first-order valence-electron chi connectivity index (χ1n) is 8.36. The molecule has 0 saturated carbocycles. The molecule has 0 unspecified atom stereocenters. The number of rotatable bonds is 7. The fourth-order valence-electron chi connectivity index (χ4n) is 2.37. The summed E-state index contributed by atoms with van der Waals surface area (Å²) in [5.41, 5.74) is 6.90. The Labute approximate surface area is 147 Å². The van der Waals surface area contributed by atoms with Crippen LogP contribution >= 0.6 is 0 Å². The second kappa shape index (κ2) is 9.37. The monoisotopic (exact) mass is 338 g/mol. The summed E-state index contributed by atoms with van der Waals surface area (Å²) in [5, 5.41) is 0. The predicted molar refractivity (Wildman–Crippen MR) is 96.1 cm³/mol. The van der Waals surface area contributed by atoms with Crippen LogP contribution in [0, 0.1) is 0 Å². The molecule has 5 heteroatoms. The van der Waals surface area contributed by atoms with Crippen molar-refractivity contribution in [1.82, 2.24) is 10.9 Å². The maximum absolute atomic E-state index is 12.1. The zero-order valence-corrected chi connectivity index (χ0v) is 14.2. The minimum absolute atomic E-state index is 0.0185. The summed E-state index contributed by atoms with van der Waals surface area (Å²) in [6, 6.07) is 16.0. The predicted octanol–water partition coefficient (Wildman–Crippen LogP) is 3.06. The van der Waals surface area contributed by atoms with Gasteiger partial charge in [0.05, 0.1) is 0 Å². The van der Waals surface area contributed by atoms with E-state index in [4.69, 9.17) is 0 Å². The second-order valence-corrected chi connectivity index (χ2v) is 5.74. The summed E-state index contributed by atoms with van der Waals surface area (Å²) in [7, 11) is 0. The molecule has 0 heterocycles. The average Bonchev–Trinajstić information content (AvgIpc) is 2.65. The van der Waals surface area contributed by atoms with Gasteiger partial charge in [0.25, 0.3) is 5.91 Å². The van der Waals surface area contributed by atoms with Crippen molar-refractivity contribution in [3.63, 3.8) is 0 Å². The van der Waals surface area contributed by atoms with Crippen molar-refractivity contribution in [2.75, 3.05) is 0 Å². The van der Waals surface area contributed by atoms with Gasteiger partial charge < -0.3 is 0 Å². The van der Waals surface area contributed by atoms with Gasteiger partial charge in [0.1, 0.15) is 0 Å². The number of carbonyl (C=O) groups is 3. The topological polar surface area (TPSA) is 75.3 Å². The van der Waals surface area contributed by atoms with E-state index < -0.39 is 11.8 Å². The molecular weight excluding hydrogens is 316 g/mol. The number of ketones is 1. The smallest absolute Gasteiger partial charge is 0.269 e. The van der Waals surface area contributed by atoms with Crippen LogP contribution in [0.15, 0.2) is 54.6 Å². The molecule has 0 aliphatic heterocycles. The van der Waals surface area contributed by atoms with Crippen molar-refractivity contribution in [3.05, 3.63) is 71.3 Å². The zero-order valence-electron chi connectivity index (χ0n) is 14.2. The molecule has 25 heavy (non-hydrogen) atoms. The van der Waals surface area contributed by atoms with Crippen molar-refractivity contribution in [1.29, 1.82) is 0 Å². The van der Waals surface area contributed by atoms with Crippen LogP contribution in [0.1, 0.15) is 52.5 Å². The highest BCUT2D eigenvalue weighted by molar-refractivity contribution is 5.98. The number of benzene rings is 2. The molecule has 2 rings (SSSR count). The largest absolute Gasteiger partial charge is 0.294 e. The molecule has 0 fully saturated rings. The standard InChI is InChI=1S/C20H22N2O3/c1-2-6-15-9-11-16(12-10-15)18(23)13-14-19(24)21-22-20(25)17-7-4-3-5-8-17/h3-5,7-12H,2,6,13-14H2,1H3,(H,21,24)(H,22,25). The summed E-state index contributed by atoms with van der Waals surface area (Å²) in [6.45, 7) is 2.11. The van der Waals surface area contributed by atoms with Gasteiger partial charge in [0, 0.05) is 24.0 Å². The summed E-state index contributed by atoms with van der Waals surface area (Å²) in [6.07, 6.45) is 2.16. The molecule has 0 bridgehead atoms. The lowest BCUT2D eigenvalue weighted by molar-refractivity contribution is -0.121. The zero-order chi connectivity index (χ0) is 18.1. The van der Waals surface area contributed by atoms with Crippen LogP contribution < -0.4 is 10.9 Å². The van der Waals surface area contributed by atoms with E-state index in [9.17, 15) is 14.4 Å². The summed E-state index contributed by atoms with van der Waals surface area (Å²) in [4.78, 5) is 35.7. The number of carbonyl (C=O) groups excluding carboxylic acids is 3. The van der Waals surface area contributed by atoms with E-state index in [0.717, 1.165) is 12.8 Å². The highest BCUT2D eigenvalue weighted by atomic mass is 16.2. The Morgan fingerprint density at radius 3 is 2.12 bits per heavy atom. The number of hydrazine groups is 1. The second-order valence-electron chi connectivity index (χ2n) is 5.74. The van der Waals surface area contributed by atoms with Crippen LogP contribution in [0.4, 0.5) is 0 Å². The SMILES string of the molecule is CCCc1ccc(C(=O)CCC(=O)NNC(=O)c2ccccc2)cc1. The molecule has 0 saturated heterocycles. The first-order chi connectivity index (χ1) is 12.1. The van der Waals surface area contributed by atoms with Crippen molar-refractivity contribution < 1.29 is 14.4 Å². The van der Waals surface area contributed by atoms with Crippen LogP contribution in [-0.2, 0) is 11.2 Å². The van der Waals surface area contributed by atoms with Crippen molar-refractivity contribution in [3.8, 4) is 0 Å². The van der Waals surface area contributed by atoms with Crippen LogP contribution in [-0.4, -0.2) is 17.6 Å². The average molecular weight is 338 g/mol. The highest BCUT2D eigenvalue weighted by Gasteiger charge is 2.11. The Morgan fingerprint density at radius 2 is 1.48 bits per heavy atom. The molecule has 0 atom stereocenters. The first kappa shape index (κ1) is 18.4. The van der Waals surface area contributed by atoms with Crippen molar-refractivity contribution >= 4 is 17.6 Å². The Bertz CT molecular complexity index is 724. The summed E-state index contributed by atoms with van der Waals surface area (Å²) < 4.78 is 0. The molecule has 2 aromatic rings. The Balaban J connectivity index is 1.75. The van der Waals surface area contributed by atoms with E-state index in [2.05, 4.69) is 17.8 Å². The van der Waals surface area contributed by atoms with E-state index in [1.807, 2.05) is 12.1 Å². The number of Topliss-reactive ketones (excluding diaryl/α,β-unsaturated/α-hetero) is 1. The molecule has 0 aliphatic carbocycles. The minimum atomic E-state index is -0.403. The van der Waals surface area contributed by atoms with E-state index >= 15 is 0 Å². The van der Waals surface area contributed by atoms with E-state index in [1.165, 1.54) is 5.56 Å². The van der Waals surface area contributed by atoms with Crippen molar-refractivity contribution in [2.45, 2.75) is 32.6 Å². The minimum Gasteiger partial charge on any atom is -0.294 e. The van der Waals surface area contributed by atoms with Gasteiger partial charge in [0.2, 0.25) is 5.91 Å². The molecule has 5 nitrogen and oxygen atoms in total. The molecule has 0 aromatic heterocycles. The van der Waals surface area contributed by atoms with Gasteiger partial charge in [-0.1, -0.05) is 55.8 Å². The molecule has 0 aliphatic rings. The van der Waals surface area contributed by atoms with E-state index in [0.29, 0.717) is 11.1 Å². The maximum atomic E-state index is 12.1. The third-order valence-electron chi connectivity index (χ3n) is 3.75. The highest BCUT2D eigenvalue weighted by Crippen LogP contribution is 2.09. The third kappa shape index (κ3) is 5.88. The first-order valence-corrected chi connectivity index (χ1v) is 8.36. The third-order valence-corrected chi connectivity index (χ3v) is 3.75. The lowest BCUT2D eigenvalue weighted by Crippen LogP contribution is -2.41. The van der Waals surface area contributed by atoms with Gasteiger partial charge >= 0.3 is 0 Å². The van der Waals surface area contributed by atoms with Crippen LogP contribution in [0.25, 0.3) is 0 Å². The Kier molecular flexibility index (Phi) is 6.89. The number of hydrogen-bond donors (Lipinski definition) is 2. The summed E-state index contributed by atoms with van der Waals surface area (Å²) >= 11 is 0. The normalized spacial score (nSPS) is 10.1. The van der Waals surface area contributed by atoms with Crippen molar-refractivity contribution in [2.24, 2.45) is 0 Å². The maximum Gasteiger partial charge on any atom is 0.269 e. The van der Waals surface area contributed by atoms with Crippen LogP contribution in [0.5, 0.6) is 0 Å². The molecule has 2 N–H and O–H groups in total. The summed E-state index contributed by atoms with van der Waals surface area (Å²) in [5.74, 6) is -0.889. The molecule has 0 radical (unpaired) electrons. The lowest BCUT2D eigenvalue weighted by Gasteiger charge is -2.07. The molecule has 2 aromatic carbocycles. The van der Waals surface area contributed by atoms with Gasteiger partial charge in [-0.2, -0.15) is 0 Å². The van der Waals surface area contributed by atoms with Crippen LogP contribution in [0.2, 0.25) is 0 Å². The van der Waals surface area contributed by atoms with Gasteiger partial charge in [-0.25, -0.2) is 0 Å².